The van der Waals surface area contributed by atoms with Crippen LogP contribution in [-0.2, 0) is 4.74 Å². The molecule has 3 aromatic carbocycles. The normalized spacial score (nSPS) is 11.0. The van der Waals surface area contributed by atoms with E-state index in [4.69, 9.17) is 4.74 Å². The van der Waals surface area contributed by atoms with Crippen LogP contribution < -0.4 is 5.32 Å². The molecule has 0 aliphatic rings. The van der Waals surface area contributed by atoms with Crippen molar-refractivity contribution in [1.82, 2.24) is 0 Å². The summed E-state index contributed by atoms with van der Waals surface area (Å²) in [6.07, 6.45) is -0.185. The Labute approximate surface area is 191 Å². The number of amides is 1. The van der Waals surface area contributed by atoms with Gasteiger partial charge in [-0.25, -0.2) is 4.79 Å². The summed E-state index contributed by atoms with van der Waals surface area (Å²) in [6.45, 7) is 7.63. The van der Waals surface area contributed by atoms with Crippen molar-refractivity contribution in [1.29, 1.82) is 0 Å². The Hall–Kier alpha value is -3.44. The zero-order valence-electron chi connectivity index (χ0n) is 18.6. The maximum absolute atomic E-state index is 13.2. The van der Waals surface area contributed by atoms with E-state index in [9.17, 15) is 9.59 Å². The van der Waals surface area contributed by atoms with Gasteiger partial charge in [0.25, 0.3) is 5.91 Å². The summed E-state index contributed by atoms with van der Waals surface area (Å²) < 4.78 is 6.24. The minimum atomic E-state index is -0.347. The lowest BCUT2D eigenvalue weighted by molar-refractivity contribution is 0.0384. The van der Waals surface area contributed by atoms with E-state index in [0.29, 0.717) is 16.1 Å². The van der Waals surface area contributed by atoms with Gasteiger partial charge in [-0.2, -0.15) is 0 Å². The highest BCUT2D eigenvalue weighted by Crippen LogP contribution is 2.32. The molecule has 1 amide bonds. The number of aryl methyl sites for hydroxylation is 2. The third kappa shape index (κ3) is 4.58. The number of ether oxygens (including phenoxy) is 1. The Morgan fingerprint density at radius 2 is 1.66 bits per heavy atom. The molecular formula is C27H25NO3S. The number of carbonyl (C=O) groups is 2. The van der Waals surface area contributed by atoms with E-state index in [-0.39, 0.29) is 18.0 Å². The van der Waals surface area contributed by atoms with Gasteiger partial charge in [0, 0.05) is 21.3 Å². The lowest BCUT2D eigenvalue weighted by Gasteiger charge is -2.11. The number of anilines is 1. The van der Waals surface area contributed by atoms with E-state index in [1.165, 1.54) is 16.9 Å². The summed E-state index contributed by atoms with van der Waals surface area (Å²) in [5, 5.41) is 3.87. The van der Waals surface area contributed by atoms with Crippen LogP contribution in [0.4, 0.5) is 5.69 Å². The number of esters is 1. The average molecular weight is 444 g/mol. The van der Waals surface area contributed by atoms with Gasteiger partial charge >= 0.3 is 5.97 Å². The molecule has 1 N–H and O–H groups in total. The maximum Gasteiger partial charge on any atom is 0.348 e. The van der Waals surface area contributed by atoms with Crippen LogP contribution in [0.2, 0.25) is 0 Å². The van der Waals surface area contributed by atoms with E-state index in [0.717, 1.165) is 26.8 Å². The fourth-order valence-corrected chi connectivity index (χ4v) is 4.57. The molecule has 1 heterocycles. The average Bonchev–Trinajstić information content (AvgIpc) is 3.19. The molecule has 4 aromatic rings. The second kappa shape index (κ2) is 8.97. The molecule has 0 aliphatic carbocycles. The van der Waals surface area contributed by atoms with Crippen molar-refractivity contribution in [3.8, 4) is 11.1 Å². The van der Waals surface area contributed by atoms with Crippen LogP contribution in [0.1, 0.15) is 45.0 Å². The SMILES string of the molecule is Cc1cccc(-c2ccc(C)c(C(=O)Nc3cccc4sc(C(=O)OC(C)C)cc34)c2)c1. The predicted molar refractivity (Wildman–Crippen MR) is 132 cm³/mol. The Morgan fingerprint density at radius 1 is 0.906 bits per heavy atom. The molecular weight excluding hydrogens is 418 g/mol. The Kier molecular flexibility index (Phi) is 6.10. The largest absolute Gasteiger partial charge is 0.459 e. The first-order chi connectivity index (χ1) is 15.3. The van der Waals surface area contributed by atoms with E-state index < -0.39 is 0 Å². The van der Waals surface area contributed by atoms with Gasteiger partial charge in [-0.05, 0) is 68.7 Å². The Balaban J connectivity index is 1.65. The van der Waals surface area contributed by atoms with Gasteiger partial charge in [0.15, 0.2) is 0 Å². The summed E-state index contributed by atoms with van der Waals surface area (Å²) in [5.74, 6) is -0.526. The molecule has 32 heavy (non-hydrogen) atoms. The second-order valence-corrected chi connectivity index (χ2v) is 9.22. The van der Waals surface area contributed by atoms with E-state index in [1.807, 2.05) is 69.3 Å². The standard InChI is InChI=1S/C27H25NO3S/c1-16(2)31-27(30)25-15-22-23(9-6-10-24(22)32-25)28-26(29)21-14-20(12-11-18(21)4)19-8-5-7-17(3)13-19/h5-16H,1-4H3,(H,28,29). The number of benzene rings is 3. The van der Waals surface area contributed by atoms with E-state index in [2.05, 4.69) is 24.4 Å². The van der Waals surface area contributed by atoms with Crippen LogP contribution in [0.5, 0.6) is 0 Å². The lowest BCUT2D eigenvalue weighted by atomic mass is 9.98. The first-order valence-electron chi connectivity index (χ1n) is 10.5. The first kappa shape index (κ1) is 21.8. The molecule has 0 radical (unpaired) electrons. The van der Waals surface area contributed by atoms with Crippen LogP contribution in [-0.4, -0.2) is 18.0 Å². The lowest BCUT2D eigenvalue weighted by Crippen LogP contribution is -2.13. The molecule has 5 heteroatoms. The number of nitrogens with one attached hydrogen (secondary N) is 1. The summed E-state index contributed by atoms with van der Waals surface area (Å²) in [5.41, 5.74) is 5.44. The Morgan fingerprint density at radius 3 is 2.41 bits per heavy atom. The van der Waals surface area contributed by atoms with Crippen LogP contribution in [0, 0.1) is 13.8 Å². The molecule has 4 nitrogen and oxygen atoms in total. The molecule has 0 saturated carbocycles. The van der Waals surface area contributed by atoms with Crippen molar-refractivity contribution in [2.75, 3.05) is 5.32 Å². The maximum atomic E-state index is 13.2. The molecule has 0 saturated heterocycles. The van der Waals surface area contributed by atoms with Gasteiger partial charge in [-0.1, -0.05) is 48.0 Å². The van der Waals surface area contributed by atoms with Crippen LogP contribution in [0.25, 0.3) is 21.2 Å². The van der Waals surface area contributed by atoms with Gasteiger partial charge in [-0.3, -0.25) is 4.79 Å². The van der Waals surface area contributed by atoms with Crippen molar-refractivity contribution >= 4 is 39.0 Å². The summed E-state index contributed by atoms with van der Waals surface area (Å²) in [7, 11) is 0. The number of hydrogen-bond acceptors (Lipinski definition) is 4. The van der Waals surface area contributed by atoms with Crippen molar-refractivity contribution in [3.05, 3.63) is 88.3 Å². The molecule has 0 fully saturated rings. The van der Waals surface area contributed by atoms with E-state index in [1.54, 1.807) is 6.07 Å². The predicted octanol–water partition coefficient (Wildman–Crippen LogP) is 7.00. The van der Waals surface area contributed by atoms with Crippen molar-refractivity contribution < 1.29 is 14.3 Å². The highest BCUT2D eigenvalue weighted by atomic mass is 32.1. The first-order valence-corrected chi connectivity index (χ1v) is 11.4. The smallest absolute Gasteiger partial charge is 0.348 e. The van der Waals surface area contributed by atoms with Crippen molar-refractivity contribution in [3.63, 3.8) is 0 Å². The van der Waals surface area contributed by atoms with Crippen molar-refractivity contribution in [2.24, 2.45) is 0 Å². The minimum absolute atomic E-state index is 0.179. The quantitative estimate of drug-likeness (QED) is 0.338. The molecule has 0 bridgehead atoms. The number of carbonyl (C=O) groups excluding carboxylic acids is 2. The fourth-order valence-electron chi connectivity index (χ4n) is 3.60. The zero-order valence-corrected chi connectivity index (χ0v) is 19.4. The number of hydrogen-bond donors (Lipinski definition) is 1. The van der Waals surface area contributed by atoms with Gasteiger partial charge in [-0.15, -0.1) is 11.3 Å². The van der Waals surface area contributed by atoms with Crippen molar-refractivity contribution in [2.45, 2.75) is 33.8 Å². The third-order valence-electron chi connectivity index (χ3n) is 5.19. The fraction of sp³-hybridized carbons (Fsp3) is 0.185. The molecule has 0 spiro atoms. The monoisotopic (exact) mass is 443 g/mol. The van der Waals surface area contributed by atoms with E-state index >= 15 is 0 Å². The van der Waals surface area contributed by atoms with Gasteiger partial charge in [0.1, 0.15) is 4.88 Å². The highest BCUT2D eigenvalue weighted by molar-refractivity contribution is 7.20. The molecule has 0 atom stereocenters. The summed E-state index contributed by atoms with van der Waals surface area (Å²) >= 11 is 1.36. The van der Waals surface area contributed by atoms with Crippen LogP contribution in [0.3, 0.4) is 0 Å². The van der Waals surface area contributed by atoms with Gasteiger partial charge in [0.2, 0.25) is 0 Å². The van der Waals surface area contributed by atoms with Gasteiger partial charge < -0.3 is 10.1 Å². The molecule has 162 valence electrons. The number of rotatable bonds is 5. The summed E-state index contributed by atoms with van der Waals surface area (Å²) in [4.78, 5) is 26.1. The minimum Gasteiger partial charge on any atom is -0.459 e. The van der Waals surface area contributed by atoms with Gasteiger partial charge in [0.05, 0.1) is 6.10 Å². The number of fused-ring (bicyclic) bond motifs is 1. The molecule has 4 rings (SSSR count). The highest BCUT2D eigenvalue weighted by Gasteiger charge is 2.17. The zero-order chi connectivity index (χ0) is 22.8. The molecule has 0 aliphatic heterocycles. The Bertz CT molecular complexity index is 1320. The second-order valence-electron chi connectivity index (χ2n) is 8.14. The summed E-state index contributed by atoms with van der Waals surface area (Å²) in [6, 6.07) is 21.6. The molecule has 0 unspecified atom stereocenters. The topological polar surface area (TPSA) is 55.4 Å². The van der Waals surface area contributed by atoms with Crippen LogP contribution in [0.15, 0.2) is 66.7 Å². The third-order valence-corrected chi connectivity index (χ3v) is 6.27. The number of thiophene rings is 1. The molecule has 1 aromatic heterocycles. The van der Waals surface area contributed by atoms with Crippen LogP contribution >= 0.6 is 11.3 Å².